The molecule has 50 heavy (non-hydrogen) atoms. The molecule has 1 amide bonds. The Kier molecular flexibility index (Phi) is 10.5. The summed E-state index contributed by atoms with van der Waals surface area (Å²) in [4.78, 5) is 29.7. The second-order valence-electron chi connectivity index (χ2n) is 12.1. The minimum Gasteiger partial charge on any atom is -0.483 e. The average Bonchev–Trinajstić information content (AvgIpc) is 3.60. The Bertz CT molecular complexity index is 2120. The Labute approximate surface area is 288 Å². The van der Waals surface area contributed by atoms with Gasteiger partial charge in [-0.05, 0) is 35.6 Å². The van der Waals surface area contributed by atoms with Crippen molar-refractivity contribution < 1.29 is 30.9 Å². The van der Waals surface area contributed by atoms with E-state index in [1.165, 1.54) is 27.9 Å². The highest BCUT2D eigenvalue weighted by atomic mass is 32.2. The Morgan fingerprint density at radius 3 is 2.20 bits per heavy atom. The van der Waals surface area contributed by atoms with Crippen molar-refractivity contribution in [1.29, 1.82) is 0 Å². The molecule has 0 bridgehead atoms. The van der Waals surface area contributed by atoms with Crippen LogP contribution in [0.1, 0.15) is 51.5 Å². The van der Waals surface area contributed by atoms with E-state index in [0.29, 0.717) is 12.0 Å². The predicted molar refractivity (Wildman–Crippen MR) is 183 cm³/mol. The summed E-state index contributed by atoms with van der Waals surface area (Å²) in [7, 11) is -4.20. The number of hydrogen-bond donors (Lipinski definition) is 0. The zero-order valence-corrected chi connectivity index (χ0v) is 28.0. The summed E-state index contributed by atoms with van der Waals surface area (Å²) in [6.07, 6.45) is 1.61. The van der Waals surface area contributed by atoms with E-state index in [0.717, 1.165) is 23.4 Å². The largest absolute Gasteiger partial charge is 0.483 e. The van der Waals surface area contributed by atoms with Gasteiger partial charge in [-0.3, -0.25) is 18.5 Å². The molecule has 0 saturated carbocycles. The summed E-state index contributed by atoms with van der Waals surface area (Å²) in [5.74, 6) is -4.28. The highest BCUT2D eigenvalue weighted by Gasteiger charge is 2.44. The van der Waals surface area contributed by atoms with Crippen LogP contribution in [0.5, 0.6) is 5.75 Å². The van der Waals surface area contributed by atoms with Gasteiger partial charge in [0.05, 0.1) is 25.0 Å². The van der Waals surface area contributed by atoms with Crippen LogP contribution in [0, 0.1) is 11.6 Å². The third kappa shape index (κ3) is 7.98. The number of carbonyl (C=O) groups excluding carboxylic acids is 1. The molecule has 12 heteroatoms. The lowest BCUT2D eigenvalue weighted by Gasteiger charge is -2.36. The average molecular weight is 700 g/mol. The van der Waals surface area contributed by atoms with E-state index in [1.54, 1.807) is 30.3 Å². The lowest BCUT2D eigenvalue weighted by Crippen LogP contribution is -2.48. The van der Waals surface area contributed by atoms with Crippen molar-refractivity contribution in [2.24, 2.45) is 0 Å². The molecule has 1 aliphatic rings. The van der Waals surface area contributed by atoms with Gasteiger partial charge in [0.25, 0.3) is 21.5 Å². The van der Waals surface area contributed by atoms with E-state index >= 15 is 4.39 Å². The minimum absolute atomic E-state index is 0.0631. The van der Waals surface area contributed by atoms with Crippen LogP contribution in [0.3, 0.4) is 0 Å². The number of halogens is 2. The van der Waals surface area contributed by atoms with Crippen molar-refractivity contribution in [3.8, 4) is 5.75 Å². The summed E-state index contributed by atoms with van der Waals surface area (Å²) in [5, 5.41) is 4.45. The van der Waals surface area contributed by atoms with Gasteiger partial charge in [0.2, 0.25) is 0 Å². The number of rotatable bonds is 12. The molecule has 0 radical (unpaired) electrons. The molecule has 1 fully saturated rings. The zero-order chi connectivity index (χ0) is 35.3. The van der Waals surface area contributed by atoms with Crippen LogP contribution in [0.4, 0.5) is 8.78 Å². The van der Waals surface area contributed by atoms with Crippen molar-refractivity contribution in [3.05, 3.63) is 165 Å². The van der Waals surface area contributed by atoms with Gasteiger partial charge in [-0.2, -0.15) is 13.5 Å². The Morgan fingerprint density at radius 2 is 1.54 bits per heavy atom. The van der Waals surface area contributed by atoms with Crippen molar-refractivity contribution in [1.82, 2.24) is 14.7 Å². The normalized spacial score (nSPS) is 15.8. The van der Waals surface area contributed by atoms with Gasteiger partial charge in [-0.25, -0.2) is 8.78 Å². The van der Waals surface area contributed by atoms with Gasteiger partial charge in [-0.1, -0.05) is 103 Å². The summed E-state index contributed by atoms with van der Waals surface area (Å²) in [5.41, 5.74) is 0.818. The first-order valence-corrected chi connectivity index (χ1v) is 17.9. The van der Waals surface area contributed by atoms with Crippen molar-refractivity contribution in [2.45, 2.75) is 44.1 Å². The molecule has 2 heterocycles. The Balaban J connectivity index is 1.42. The van der Waals surface area contributed by atoms with Gasteiger partial charge in [0.1, 0.15) is 12.7 Å². The second kappa shape index (κ2) is 15.1. The molecule has 1 aromatic heterocycles. The standard InChI is InChI=1S/C38H35F2N3O6S/c1-50(46,47)49-37(33(28-17-9-4-10-18-28)29-19-11-20-30(39)34(29)40)31-21-12-22-43(31)38(45)35-36(44)32(48-25-27-15-7-3-8-16-27)24-42(41-35)23-26-13-5-2-6-14-26/h2-11,13-20,24,31,33,37H,12,21-23,25H2,1H3. The summed E-state index contributed by atoms with van der Waals surface area (Å²) >= 11 is 0. The van der Waals surface area contributed by atoms with Crippen LogP contribution in [0.2, 0.25) is 0 Å². The van der Waals surface area contributed by atoms with E-state index in [-0.39, 0.29) is 37.4 Å². The highest BCUT2D eigenvalue weighted by Crippen LogP contribution is 2.39. The monoisotopic (exact) mass is 699 g/mol. The molecular formula is C38H35F2N3O6S. The molecule has 4 aromatic carbocycles. The predicted octanol–water partition coefficient (Wildman–Crippen LogP) is 5.93. The number of benzene rings is 4. The fourth-order valence-electron chi connectivity index (χ4n) is 6.38. The van der Waals surface area contributed by atoms with Gasteiger partial charge in [-0.15, -0.1) is 0 Å². The zero-order valence-electron chi connectivity index (χ0n) is 27.2. The highest BCUT2D eigenvalue weighted by molar-refractivity contribution is 7.86. The van der Waals surface area contributed by atoms with Gasteiger partial charge >= 0.3 is 0 Å². The molecule has 0 spiro atoms. The number of aromatic nitrogens is 2. The number of nitrogens with zero attached hydrogens (tertiary/aromatic N) is 3. The molecule has 3 unspecified atom stereocenters. The van der Waals surface area contributed by atoms with E-state index in [9.17, 15) is 22.4 Å². The van der Waals surface area contributed by atoms with Crippen molar-refractivity contribution >= 4 is 16.0 Å². The molecule has 1 saturated heterocycles. The topological polar surface area (TPSA) is 108 Å². The Morgan fingerprint density at radius 1 is 0.900 bits per heavy atom. The number of likely N-dealkylation sites (tertiary alicyclic amines) is 1. The maximum Gasteiger partial charge on any atom is 0.278 e. The second-order valence-corrected chi connectivity index (χ2v) is 13.7. The summed E-state index contributed by atoms with van der Waals surface area (Å²) in [6, 6.07) is 29.7. The molecule has 9 nitrogen and oxygen atoms in total. The van der Waals surface area contributed by atoms with Crippen LogP contribution >= 0.6 is 0 Å². The molecular weight excluding hydrogens is 664 g/mol. The molecule has 0 N–H and O–H groups in total. The number of amides is 1. The maximum absolute atomic E-state index is 15.5. The van der Waals surface area contributed by atoms with E-state index < -0.39 is 56.8 Å². The maximum atomic E-state index is 15.5. The molecule has 6 rings (SSSR count). The van der Waals surface area contributed by atoms with Crippen LogP contribution in [0.25, 0.3) is 0 Å². The first-order chi connectivity index (χ1) is 24.1. The SMILES string of the molecule is CS(=O)(=O)OC(C(c1ccccc1)c1cccc(F)c1F)C1CCCN1C(=O)c1nn(Cc2ccccc2)cc(OCc2ccccc2)c1=O. The molecule has 0 aliphatic carbocycles. The first kappa shape index (κ1) is 34.7. The van der Waals surface area contributed by atoms with E-state index in [4.69, 9.17) is 8.92 Å². The van der Waals surface area contributed by atoms with Crippen LogP contribution in [-0.2, 0) is 27.5 Å². The van der Waals surface area contributed by atoms with Crippen LogP contribution < -0.4 is 10.2 Å². The molecule has 3 atom stereocenters. The molecule has 5 aromatic rings. The molecule has 258 valence electrons. The summed E-state index contributed by atoms with van der Waals surface area (Å²) in [6.45, 7) is 0.421. The summed E-state index contributed by atoms with van der Waals surface area (Å²) < 4.78 is 68.9. The van der Waals surface area contributed by atoms with Crippen LogP contribution in [0.15, 0.2) is 120 Å². The lowest BCUT2D eigenvalue weighted by molar-refractivity contribution is 0.0524. The number of ether oxygens (including phenoxy) is 1. The quantitative estimate of drug-likeness (QED) is 0.149. The molecule has 1 aliphatic heterocycles. The number of carbonyl (C=O) groups is 1. The van der Waals surface area contributed by atoms with Gasteiger partial charge < -0.3 is 9.64 Å². The van der Waals surface area contributed by atoms with Crippen molar-refractivity contribution in [2.75, 3.05) is 12.8 Å². The minimum atomic E-state index is -4.20. The fraction of sp³-hybridized carbons (Fsp3) is 0.237. The van der Waals surface area contributed by atoms with Crippen molar-refractivity contribution in [3.63, 3.8) is 0 Å². The van der Waals surface area contributed by atoms with Gasteiger partial charge in [0.15, 0.2) is 23.1 Å². The van der Waals surface area contributed by atoms with Gasteiger partial charge in [0, 0.05) is 18.0 Å². The first-order valence-electron chi connectivity index (χ1n) is 16.1. The fourth-order valence-corrected chi connectivity index (χ4v) is 7.02. The van der Waals surface area contributed by atoms with Crippen LogP contribution in [-0.4, -0.2) is 54.0 Å². The smallest absolute Gasteiger partial charge is 0.278 e. The van der Waals surface area contributed by atoms with E-state index in [2.05, 4.69) is 5.10 Å². The third-order valence-electron chi connectivity index (χ3n) is 8.59. The Hall–Kier alpha value is -5.20. The third-order valence-corrected chi connectivity index (χ3v) is 9.16. The van der Waals surface area contributed by atoms with E-state index in [1.807, 2.05) is 60.7 Å². The number of hydrogen-bond acceptors (Lipinski definition) is 7. The lowest BCUT2D eigenvalue weighted by atomic mass is 9.82.